The summed E-state index contributed by atoms with van der Waals surface area (Å²) in [5.41, 5.74) is -0.348. The number of likely N-dealkylation sites (tertiary alicyclic amines) is 1. The molecule has 2 aliphatic heterocycles. The number of carbonyl (C=O) groups excluding carboxylic acids is 2. The summed E-state index contributed by atoms with van der Waals surface area (Å²) >= 11 is 0. The number of hydrogen-bond donors (Lipinski definition) is 0. The first-order valence-electron chi connectivity index (χ1n) is 8.79. The van der Waals surface area contributed by atoms with E-state index < -0.39 is 6.09 Å². The Hall–Kier alpha value is -1.18. The molecule has 0 bridgehead atoms. The van der Waals surface area contributed by atoms with Crippen molar-refractivity contribution >= 4 is 12.4 Å². The van der Waals surface area contributed by atoms with Crippen LogP contribution < -0.4 is 0 Å². The molecule has 0 aliphatic carbocycles. The number of aldehydes is 1. The van der Waals surface area contributed by atoms with E-state index in [4.69, 9.17) is 14.2 Å². The number of carbonyl (C=O) groups is 2. The van der Waals surface area contributed by atoms with Crippen molar-refractivity contribution in [2.45, 2.75) is 50.9 Å². The minimum absolute atomic E-state index is 0.0753. The van der Waals surface area contributed by atoms with E-state index in [1.54, 1.807) is 18.9 Å². The molecule has 7 nitrogen and oxygen atoms in total. The van der Waals surface area contributed by atoms with Crippen LogP contribution in [0.25, 0.3) is 0 Å². The van der Waals surface area contributed by atoms with E-state index in [-0.39, 0.29) is 24.3 Å². The molecular weight excluding hydrogens is 312 g/mol. The van der Waals surface area contributed by atoms with E-state index in [9.17, 15) is 9.59 Å². The summed E-state index contributed by atoms with van der Waals surface area (Å²) < 4.78 is 16.2. The molecule has 0 aromatic rings. The van der Waals surface area contributed by atoms with Gasteiger partial charge in [0.05, 0.1) is 25.4 Å². The van der Waals surface area contributed by atoms with Gasteiger partial charge in [-0.05, 0) is 33.1 Å². The Bertz CT molecular complexity index is 419. The van der Waals surface area contributed by atoms with Gasteiger partial charge in [-0.1, -0.05) is 0 Å². The average Bonchev–Trinajstić information content (AvgIpc) is 2.52. The zero-order valence-corrected chi connectivity index (χ0v) is 15.0. The quantitative estimate of drug-likeness (QED) is 0.620. The van der Waals surface area contributed by atoms with Gasteiger partial charge < -0.3 is 23.9 Å². The molecule has 0 aromatic heterocycles. The van der Waals surface area contributed by atoms with Crippen LogP contribution in [0.1, 0.15) is 33.1 Å². The number of methoxy groups -OCH3 is 1. The summed E-state index contributed by atoms with van der Waals surface area (Å²) in [6, 6.07) is 0. The zero-order valence-electron chi connectivity index (χ0n) is 15.0. The van der Waals surface area contributed by atoms with Crippen LogP contribution in [0.2, 0.25) is 0 Å². The molecule has 0 radical (unpaired) electrons. The van der Waals surface area contributed by atoms with E-state index in [0.29, 0.717) is 6.61 Å². The molecule has 2 fully saturated rings. The molecule has 0 saturated carbocycles. The summed E-state index contributed by atoms with van der Waals surface area (Å²) in [6.07, 6.45) is 3.33. The summed E-state index contributed by atoms with van der Waals surface area (Å²) in [4.78, 5) is 27.1. The normalized spacial score (nSPS) is 24.7. The fourth-order valence-corrected chi connectivity index (χ4v) is 3.42. The van der Waals surface area contributed by atoms with Crippen LogP contribution in [-0.4, -0.2) is 86.4 Å². The van der Waals surface area contributed by atoms with E-state index in [0.717, 1.165) is 51.8 Å². The van der Waals surface area contributed by atoms with Gasteiger partial charge in [0, 0.05) is 38.9 Å². The first-order chi connectivity index (χ1) is 11.5. The van der Waals surface area contributed by atoms with Crippen LogP contribution in [0.4, 0.5) is 4.79 Å². The van der Waals surface area contributed by atoms with Gasteiger partial charge in [-0.2, -0.15) is 0 Å². The highest BCUT2D eigenvalue weighted by Gasteiger charge is 2.40. The van der Waals surface area contributed by atoms with Crippen molar-refractivity contribution in [2.24, 2.45) is 0 Å². The van der Waals surface area contributed by atoms with Gasteiger partial charge in [0.15, 0.2) is 0 Å². The summed E-state index contributed by atoms with van der Waals surface area (Å²) in [6.45, 7) is 7.57. The Kier molecular flexibility index (Phi) is 7.01. The standard InChI is InChI=1S/C17H30N2O5/c1-4-23-16(21)19(10-11-20)17(2)6-8-18(9-7-17)13-15(22-3)14-5-12-24-14/h11,14-15H,4-10,12-13H2,1-3H3. The fourth-order valence-electron chi connectivity index (χ4n) is 3.42. The molecule has 138 valence electrons. The lowest BCUT2D eigenvalue weighted by Gasteiger charge is -2.46. The minimum Gasteiger partial charge on any atom is -0.450 e. The number of nitrogens with zero attached hydrogens (tertiary/aromatic N) is 2. The molecular formula is C17H30N2O5. The molecule has 2 unspecified atom stereocenters. The Morgan fingerprint density at radius 3 is 2.58 bits per heavy atom. The topological polar surface area (TPSA) is 68.3 Å². The van der Waals surface area contributed by atoms with Gasteiger partial charge in [0.1, 0.15) is 6.29 Å². The Labute approximate surface area is 144 Å². The molecule has 24 heavy (non-hydrogen) atoms. The number of amides is 1. The van der Waals surface area contributed by atoms with Gasteiger partial charge >= 0.3 is 6.09 Å². The summed E-state index contributed by atoms with van der Waals surface area (Å²) in [5, 5.41) is 0. The highest BCUT2D eigenvalue weighted by molar-refractivity contribution is 5.72. The van der Waals surface area contributed by atoms with Crippen LogP contribution >= 0.6 is 0 Å². The Morgan fingerprint density at radius 2 is 2.12 bits per heavy atom. The van der Waals surface area contributed by atoms with E-state index in [1.165, 1.54) is 0 Å². The molecule has 0 spiro atoms. The molecule has 0 aromatic carbocycles. The fraction of sp³-hybridized carbons (Fsp3) is 0.882. The highest BCUT2D eigenvalue weighted by Crippen LogP contribution is 2.30. The first kappa shape index (κ1) is 19.1. The van der Waals surface area contributed by atoms with Crippen molar-refractivity contribution in [3.8, 4) is 0 Å². The lowest BCUT2D eigenvalue weighted by atomic mass is 9.87. The van der Waals surface area contributed by atoms with E-state index in [2.05, 4.69) is 4.90 Å². The monoisotopic (exact) mass is 342 g/mol. The molecule has 2 rings (SSSR count). The Morgan fingerprint density at radius 1 is 1.46 bits per heavy atom. The maximum absolute atomic E-state index is 12.2. The maximum atomic E-state index is 12.2. The molecule has 2 aliphatic rings. The minimum atomic E-state index is -0.404. The zero-order chi connectivity index (χ0) is 17.6. The molecule has 2 atom stereocenters. The lowest BCUT2D eigenvalue weighted by Crippen LogP contribution is -2.57. The maximum Gasteiger partial charge on any atom is 0.410 e. The second-order valence-electron chi connectivity index (χ2n) is 6.75. The van der Waals surface area contributed by atoms with Crippen molar-refractivity contribution in [3.63, 3.8) is 0 Å². The summed E-state index contributed by atoms with van der Waals surface area (Å²) in [7, 11) is 1.73. The van der Waals surface area contributed by atoms with Crippen molar-refractivity contribution in [1.29, 1.82) is 0 Å². The predicted molar refractivity (Wildman–Crippen MR) is 89.0 cm³/mol. The van der Waals surface area contributed by atoms with Gasteiger partial charge in [0.25, 0.3) is 0 Å². The predicted octanol–water partition coefficient (Wildman–Crippen LogP) is 1.30. The molecule has 0 N–H and O–H groups in total. The van der Waals surface area contributed by atoms with Gasteiger partial charge in [0.2, 0.25) is 0 Å². The number of ether oxygens (including phenoxy) is 3. The number of piperidine rings is 1. The van der Waals surface area contributed by atoms with Crippen molar-refractivity contribution in [3.05, 3.63) is 0 Å². The van der Waals surface area contributed by atoms with Crippen molar-refractivity contribution in [2.75, 3.05) is 46.5 Å². The second kappa shape index (κ2) is 8.78. The molecule has 2 saturated heterocycles. The molecule has 7 heteroatoms. The van der Waals surface area contributed by atoms with Crippen molar-refractivity contribution < 1.29 is 23.8 Å². The second-order valence-corrected chi connectivity index (χ2v) is 6.75. The van der Waals surface area contributed by atoms with Crippen LogP contribution in [-0.2, 0) is 19.0 Å². The van der Waals surface area contributed by atoms with Gasteiger partial charge in [-0.3, -0.25) is 4.90 Å². The van der Waals surface area contributed by atoms with Crippen molar-refractivity contribution in [1.82, 2.24) is 9.80 Å². The number of hydrogen-bond acceptors (Lipinski definition) is 6. The largest absolute Gasteiger partial charge is 0.450 e. The third kappa shape index (κ3) is 4.46. The van der Waals surface area contributed by atoms with Gasteiger partial charge in [-0.25, -0.2) is 4.79 Å². The van der Waals surface area contributed by atoms with Crippen LogP contribution in [0.5, 0.6) is 0 Å². The highest BCUT2D eigenvalue weighted by atomic mass is 16.6. The number of rotatable bonds is 8. The van der Waals surface area contributed by atoms with Crippen LogP contribution in [0.3, 0.4) is 0 Å². The van der Waals surface area contributed by atoms with E-state index >= 15 is 0 Å². The molecule has 2 heterocycles. The van der Waals surface area contributed by atoms with E-state index in [1.807, 2.05) is 6.92 Å². The first-order valence-corrected chi connectivity index (χ1v) is 8.79. The smallest absolute Gasteiger partial charge is 0.410 e. The summed E-state index contributed by atoms with van der Waals surface area (Å²) in [5.74, 6) is 0. The third-order valence-electron chi connectivity index (χ3n) is 5.22. The van der Waals surface area contributed by atoms with Crippen LogP contribution in [0.15, 0.2) is 0 Å². The molecule has 1 amide bonds. The van der Waals surface area contributed by atoms with Gasteiger partial charge in [-0.15, -0.1) is 0 Å². The van der Waals surface area contributed by atoms with Crippen LogP contribution in [0, 0.1) is 0 Å². The Balaban J connectivity index is 1.90. The lowest BCUT2D eigenvalue weighted by molar-refractivity contribution is -0.136. The third-order valence-corrected chi connectivity index (χ3v) is 5.22. The average molecular weight is 342 g/mol. The SMILES string of the molecule is CCOC(=O)N(CC=O)C1(C)CCN(CC(OC)C2CCO2)CC1.